The predicted octanol–water partition coefficient (Wildman–Crippen LogP) is 3.14. The van der Waals surface area contributed by atoms with E-state index in [4.69, 9.17) is 32.7 Å². The lowest BCUT2D eigenvalue weighted by Crippen LogP contribution is -2.49. The third kappa shape index (κ3) is 3.89. The zero-order valence-corrected chi connectivity index (χ0v) is 16.9. The van der Waals surface area contributed by atoms with E-state index in [9.17, 15) is 4.79 Å². The van der Waals surface area contributed by atoms with Crippen LogP contribution in [0.25, 0.3) is 0 Å². The number of carbonyl (C=O) groups is 1. The summed E-state index contributed by atoms with van der Waals surface area (Å²) in [6.45, 7) is 3.06. The van der Waals surface area contributed by atoms with Crippen molar-refractivity contribution < 1.29 is 14.3 Å². The number of nitrogens with zero attached hydrogens (tertiary/aromatic N) is 2. The summed E-state index contributed by atoms with van der Waals surface area (Å²) in [7, 11) is 1.88. The van der Waals surface area contributed by atoms with Gasteiger partial charge in [-0.05, 0) is 17.7 Å². The van der Waals surface area contributed by atoms with Crippen LogP contribution >= 0.6 is 23.2 Å². The minimum atomic E-state index is -0.546. The number of hydrogen-bond donors (Lipinski definition) is 0. The van der Waals surface area contributed by atoms with E-state index < -0.39 is 5.79 Å². The van der Waals surface area contributed by atoms with Crippen molar-refractivity contribution in [3.05, 3.63) is 46.0 Å². The molecule has 27 heavy (non-hydrogen) atoms. The van der Waals surface area contributed by atoms with E-state index in [1.165, 1.54) is 0 Å². The fourth-order valence-electron chi connectivity index (χ4n) is 4.39. The zero-order chi connectivity index (χ0) is 19.0. The van der Waals surface area contributed by atoms with Crippen LogP contribution in [0.3, 0.4) is 0 Å². The molecule has 2 heterocycles. The summed E-state index contributed by atoms with van der Waals surface area (Å²) < 4.78 is 11.9. The standard InChI is InChI=1S/C20H24Cl2N2O3/c1-23(19(25)11-14-4-5-15(21)16(22)10-14)17-12-20(26-8-9-27-20)13-18(17)24-6-2-3-7-24/h2-5,10,17-18H,6-9,11-13H2,1H3. The van der Waals surface area contributed by atoms with Crippen LogP contribution in [0.2, 0.25) is 10.0 Å². The summed E-state index contributed by atoms with van der Waals surface area (Å²) in [5.74, 6) is -0.485. The summed E-state index contributed by atoms with van der Waals surface area (Å²) in [5.41, 5.74) is 0.863. The van der Waals surface area contributed by atoms with Gasteiger partial charge in [-0.25, -0.2) is 0 Å². The Hall–Kier alpha value is -1.11. The number of rotatable bonds is 4. The lowest BCUT2D eigenvalue weighted by atomic mass is 10.1. The maximum atomic E-state index is 13.0. The SMILES string of the molecule is CN(C(=O)Cc1ccc(Cl)c(Cl)c1)C1CC2(CC1N1CC=CC1)OCCO2. The Morgan fingerprint density at radius 2 is 1.89 bits per heavy atom. The zero-order valence-electron chi connectivity index (χ0n) is 15.4. The van der Waals surface area contributed by atoms with Gasteiger partial charge in [-0.2, -0.15) is 0 Å². The molecule has 1 amide bonds. The summed E-state index contributed by atoms with van der Waals surface area (Å²) >= 11 is 12.1. The monoisotopic (exact) mass is 410 g/mol. The number of ether oxygens (including phenoxy) is 2. The molecule has 5 nitrogen and oxygen atoms in total. The molecular formula is C20H24Cl2N2O3. The van der Waals surface area contributed by atoms with Crippen LogP contribution in [-0.2, 0) is 20.7 Å². The van der Waals surface area contributed by atoms with E-state index in [1.807, 2.05) is 18.0 Å². The van der Waals surface area contributed by atoms with E-state index in [2.05, 4.69) is 17.1 Å². The molecule has 2 unspecified atom stereocenters. The molecule has 2 fully saturated rings. The van der Waals surface area contributed by atoms with Crippen molar-refractivity contribution in [2.24, 2.45) is 0 Å². The van der Waals surface area contributed by atoms with E-state index >= 15 is 0 Å². The van der Waals surface area contributed by atoms with E-state index in [0.29, 0.717) is 36.1 Å². The van der Waals surface area contributed by atoms with Crippen LogP contribution in [0, 0.1) is 0 Å². The van der Waals surface area contributed by atoms with Gasteiger partial charge in [-0.1, -0.05) is 41.4 Å². The Morgan fingerprint density at radius 1 is 1.19 bits per heavy atom. The lowest BCUT2D eigenvalue weighted by molar-refractivity contribution is -0.156. The maximum absolute atomic E-state index is 13.0. The van der Waals surface area contributed by atoms with Crippen LogP contribution in [0.5, 0.6) is 0 Å². The summed E-state index contributed by atoms with van der Waals surface area (Å²) in [4.78, 5) is 17.3. The number of hydrogen-bond acceptors (Lipinski definition) is 4. The van der Waals surface area contributed by atoms with Crippen LogP contribution in [0.15, 0.2) is 30.4 Å². The van der Waals surface area contributed by atoms with Crippen molar-refractivity contribution in [3.63, 3.8) is 0 Å². The molecule has 1 saturated carbocycles. The highest BCUT2D eigenvalue weighted by Crippen LogP contribution is 2.42. The Labute approximate surface area is 169 Å². The Balaban J connectivity index is 1.49. The number of benzene rings is 1. The third-order valence-electron chi connectivity index (χ3n) is 5.84. The van der Waals surface area contributed by atoms with Crippen molar-refractivity contribution in [2.45, 2.75) is 37.1 Å². The van der Waals surface area contributed by atoms with Crippen LogP contribution in [0.4, 0.5) is 0 Å². The van der Waals surface area contributed by atoms with Crippen LogP contribution in [-0.4, -0.2) is 66.9 Å². The highest BCUT2D eigenvalue weighted by Gasteiger charge is 2.53. The van der Waals surface area contributed by atoms with Gasteiger partial charge >= 0.3 is 0 Å². The summed E-state index contributed by atoms with van der Waals surface area (Å²) in [6.07, 6.45) is 6.15. The Morgan fingerprint density at radius 3 is 2.56 bits per heavy atom. The fourth-order valence-corrected chi connectivity index (χ4v) is 4.71. The van der Waals surface area contributed by atoms with E-state index in [0.717, 1.165) is 25.1 Å². The molecule has 7 heteroatoms. The first-order valence-electron chi connectivity index (χ1n) is 9.34. The average molecular weight is 411 g/mol. The molecule has 0 N–H and O–H groups in total. The quantitative estimate of drug-likeness (QED) is 0.714. The van der Waals surface area contributed by atoms with Crippen molar-refractivity contribution >= 4 is 29.1 Å². The molecule has 2 aliphatic heterocycles. The number of likely N-dealkylation sites (N-methyl/N-ethyl adjacent to an activating group) is 1. The molecule has 0 aromatic heterocycles. The van der Waals surface area contributed by atoms with Crippen LogP contribution < -0.4 is 0 Å². The van der Waals surface area contributed by atoms with Crippen molar-refractivity contribution in [3.8, 4) is 0 Å². The first-order valence-corrected chi connectivity index (χ1v) is 10.1. The van der Waals surface area contributed by atoms with Gasteiger partial charge in [-0.3, -0.25) is 9.69 Å². The van der Waals surface area contributed by atoms with Gasteiger partial charge in [0, 0.05) is 39.0 Å². The molecule has 4 rings (SSSR count). The van der Waals surface area contributed by atoms with Gasteiger partial charge < -0.3 is 14.4 Å². The lowest BCUT2D eigenvalue weighted by Gasteiger charge is -2.34. The minimum absolute atomic E-state index is 0.0540. The smallest absolute Gasteiger partial charge is 0.227 e. The molecule has 1 saturated heterocycles. The predicted molar refractivity (Wildman–Crippen MR) is 105 cm³/mol. The molecule has 2 atom stereocenters. The largest absolute Gasteiger partial charge is 0.347 e. The molecule has 1 aromatic carbocycles. The highest BCUT2D eigenvalue weighted by atomic mass is 35.5. The second-order valence-electron chi connectivity index (χ2n) is 7.51. The second-order valence-corrected chi connectivity index (χ2v) is 8.32. The van der Waals surface area contributed by atoms with Crippen molar-refractivity contribution in [1.82, 2.24) is 9.80 Å². The number of halogens is 2. The second kappa shape index (κ2) is 7.72. The first-order chi connectivity index (χ1) is 13.0. The number of carbonyl (C=O) groups excluding carboxylic acids is 1. The normalized spacial score (nSPS) is 26.9. The van der Waals surface area contributed by atoms with Crippen molar-refractivity contribution in [2.75, 3.05) is 33.4 Å². The van der Waals surface area contributed by atoms with Crippen molar-refractivity contribution in [1.29, 1.82) is 0 Å². The van der Waals surface area contributed by atoms with Gasteiger partial charge in [0.05, 0.1) is 35.7 Å². The Bertz CT molecular complexity index is 741. The summed E-state index contributed by atoms with van der Waals surface area (Å²) in [5, 5.41) is 0.967. The molecule has 146 valence electrons. The molecule has 1 aromatic rings. The Kier molecular flexibility index (Phi) is 5.50. The third-order valence-corrected chi connectivity index (χ3v) is 6.58. The topological polar surface area (TPSA) is 42.0 Å². The van der Waals surface area contributed by atoms with Crippen LogP contribution in [0.1, 0.15) is 18.4 Å². The van der Waals surface area contributed by atoms with Gasteiger partial charge in [0.2, 0.25) is 5.91 Å². The molecule has 1 aliphatic carbocycles. The summed E-state index contributed by atoms with van der Waals surface area (Å²) in [6, 6.07) is 5.62. The first kappa shape index (κ1) is 19.2. The molecule has 1 spiro atoms. The number of amides is 1. The fraction of sp³-hybridized carbons (Fsp3) is 0.550. The van der Waals surface area contributed by atoms with Gasteiger partial charge in [0.25, 0.3) is 0 Å². The highest BCUT2D eigenvalue weighted by molar-refractivity contribution is 6.42. The van der Waals surface area contributed by atoms with E-state index in [1.54, 1.807) is 12.1 Å². The maximum Gasteiger partial charge on any atom is 0.227 e. The van der Waals surface area contributed by atoms with Gasteiger partial charge in [0.1, 0.15) is 0 Å². The molecular weight excluding hydrogens is 387 g/mol. The minimum Gasteiger partial charge on any atom is -0.347 e. The van der Waals surface area contributed by atoms with Gasteiger partial charge in [0.15, 0.2) is 5.79 Å². The average Bonchev–Trinajstić information content (AvgIpc) is 3.39. The van der Waals surface area contributed by atoms with E-state index in [-0.39, 0.29) is 18.0 Å². The molecule has 0 bridgehead atoms. The van der Waals surface area contributed by atoms with Gasteiger partial charge in [-0.15, -0.1) is 0 Å². The molecule has 3 aliphatic rings. The molecule has 0 radical (unpaired) electrons.